The summed E-state index contributed by atoms with van der Waals surface area (Å²) in [5.41, 5.74) is 1.83. The molecule has 2 aromatic carbocycles. The van der Waals surface area contributed by atoms with E-state index < -0.39 is 0 Å². The second-order valence-electron chi connectivity index (χ2n) is 6.53. The molecule has 6 heteroatoms. The van der Waals surface area contributed by atoms with Crippen LogP contribution in [0.5, 0.6) is 11.5 Å². The first kappa shape index (κ1) is 17.6. The summed E-state index contributed by atoms with van der Waals surface area (Å²) in [6.07, 6.45) is 2.57. The van der Waals surface area contributed by atoms with Gasteiger partial charge in [-0.1, -0.05) is 29.8 Å². The molecule has 0 radical (unpaired) electrons. The van der Waals surface area contributed by atoms with Gasteiger partial charge in [-0.3, -0.25) is 9.78 Å². The Labute approximate surface area is 162 Å². The average Bonchev–Trinajstić information content (AvgIpc) is 2.72. The van der Waals surface area contributed by atoms with Gasteiger partial charge in [-0.2, -0.15) is 0 Å². The molecule has 4 rings (SSSR count). The number of halogens is 1. The van der Waals surface area contributed by atoms with Gasteiger partial charge in [-0.05, 0) is 42.3 Å². The first-order chi connectivity index (χ1) is 13.2. The third kappa shape index (κ3) is 3.98. The van der Waals surface area contributed by atoms with Crippen LogP contribution in [-0.4, -0.2) is 30.6 Å². The van der Waals surface area contributed by atoms with Crippen LogP contribution in [0.2, 0.25) is 5.02 Å². The van der Waals surface area contributed by atoms with Crippen molar-refractivity contribution >= 4 is 28.4 Å². The third-order valence-corrected chi connectivity index (χ3v) is 4.91. The molecule has 1 N–H and O–H groups in total. The first-order valence-electron chi connectivity index (χ1n) is 8.84. The molecule has 0 saturated carbocycles. The predicted octanol–water partition coefficient (Wildman–Crippen LogP) is 3.63. The molecule has 1 aliphatic heterocycles. The standard InChI is InChI=1S/C21H19ClN2O3/c22-17-7-8-19(21-16(17)5-3-9-23-21)27-13-20(25)24-11-14-10-15-4-1-2-6-18(15)26-12-14/h1-9,14H,10-13H2,(H,24,25)/t14-/m0/s1. The highest BCUT2D eigenvalue weighted by Gasteiger charge is 2.20. The minimum atomic E-state index is -0.173. The zero-order chi connectivity index (χ0) is 18.6. The number of rotatable bonds is 5. The molecule has 0 saturated heterocycles. The van der Waals surface area contributed by atoms with Crippen LogP contribution in [0, 0.1) is 5.92 Å². The maximum Gasteiger partial charge on any atom is 0.257 e. The van der Waals surface area contributed by atoms with Gasteiger partial charge in [0, 0.05) is 24.0 Å². The maximum atomic E-state index is 12.2. The lowest BCUT2D eigenvalue weighted by Crippen LogP contribution is -2.37. The number of nitrogens with one attached hydrogen (secondary N) is 1. The molecule has 138 valence electrons. The van der Waals surface area contributed by atoms with Crippen molar-refractivity contribution < 1.29 is 14.3 Å². The molecule has 0 aliphatic carbocycles. The topological polar surface area (TPSA) is 60.5 Å². The highest BCUT2D eigenvalue weighted by Crippen LogP contribution is 2.29. The van der Waals surface area contributed by atoms with Crippen molar-refractivity contribution in [1.82, 2.24) is 10.3 Å². The van der Waals surface area contributed by atoms with E-state index in [1.54, 1.807) is 18.3 Å². The molecule has 27 heavy (non-hydrogen) atoms. The number of para-hydroxylation sites is 1. The van der Waals surface area contributed by atoms with E-state index in [0.717, 1.165) is 17.6 Å². The molecule has 1 aliphatic rings. The molecule has 5 nitrogen and oxygen atoms in total. The van der Waals surface area contributed by atoms with E-state index in [9.17, 15) is 4.79 Å². The van der Waals surface area contributed by atoms with Crippen molar-refractivity contribution in [2.24, 2.45) is 5.92 Å². The zero-order valence-corrected chi connectivity index (χ0v) is 15.4. The van der Waals surface area contributed by atoms with Crippen LogP contribution in [0.4, 0.5) is 0 Å². The Hall–Kier alpha value is -2.79. The first-order valence-corrected chi connectivity index (χ1v) is 9.22. The monoisotopic (exact) mass is 382 g/mol. The van der Waals surface area contributed by atoms with E-state index in [1.807, 2.05) is 30.3 Å². The molecule has 1 aromatic heterocycles. The maximum absolute atomic E-state index is 12.2. The number of carbonyl (C=O) groups is 1. The molecule has 0 bridgehead atoms. The van der Waals surface area contributed by atoms with Crippen molar-refractivity contribution in [1.29, 1.82) is 0 Å². The molecule has 2 heterocycles. The third-order valence-electron chi connectivity index (χ3n) is 4.58. The molecule has 3 aromatic rings. The minimum Gasteiger partial charge on any atom is -0.493 e. The van der Waals surface area contributed by atoms with E-state index in [-0.39, 0.29) is 18.4 Å². The van der Waals surface area contributed by atoms with E-state index in [2.05, 4.69) is 16.4 Å². The lowest BCUT2D eigenvalue weighted by Gasteiger charge is -2.25. The Morgan fingerprint density at radius 3 is 3.04 bits per heavy atom. The Bertz CT molecular complexity index is 977. The molecular weight excluding hydrogens is 364 g/mol. The Morgan fingerprint density at radius 1 is 1.22 bits per heavy atom. The van der Waals surface area contributed by atoms with Gasteiger partial charge >= 0.3 is 0 Å². The molecular formula is C21H19ClN2O3. The quantitative estimate of drug-likeness (QED) is 0.732. The number of hydrogen-bond acceptors (Lipinski definition) is 4. The fraction of sp³-hybridized carbons (Fsp3) is 0.238. The van der Waals surface area contributed by atoms with Gasteiger partial charge < -0.3 is 14.8 Å². The average molecular weight is 383 g/mol. The van der Waals surface area contributed by atoms with Gasteiger partial charge in [0.25, 0.3) is 5.91 Å². The van der Waals surface area contributed by atoms with Gasteiger partial charge in [0.05, 0.1) is 11.6 Å². The summed E-state index contributed by atoms with van der Waals surface area (Å²) in [6.45, 7) is 1.08. The van der Waals surface area contributed by atoms with Crippen molar-refractivity contribution in [2.75, 3.05) is 19.8 Å². The number of nitrogens with zero attached hydrogens (tertiary/aromatic N) is 1. The molecule has 1 amide bonds. The number of pyridine rings is 1. The van der Waals surface area contributed by atoms with Crippen LogP contribution in [0.1, 0.15) is 5.56 Å². The molecule has 0 spiro atoms. The van der Waals surface area contributed by atoms with Crippen LogP contribution in [0.25, 0.3) is 10.9 Å². The van der Waals surface area contributed by atoms with E-state index in [4.69, 9.17) is 21.1 Å². The van der Waals surface area contributed by atoms with Crippen molar-refractivity contribution in [2.45, 2.75) is 6.42 Å². The summed E-state index contributed by atoms with van der Waals surface area (Å²) >= 11 is 6.18. The Morgan fingerprint density at radius 2 is 2.11 bits per heavy atom. The number of benzene rings is 2. The Balaban J connectivity index is 1.32. The normalized spacial score (nSPS) is 15.7. The van der Waals surface area contributed by atoms with E-state index in [0.29, 0.717) is 29.4 Å². The number of aromatic nitrogens is 1. The van der Waals surface area contributed by atoms with Crippen molar-refractivity contribution in [3.05, 3.63) is 65.3 Å². The van der Waals surface area contributed by atoms with Crippen LogP contribution in [-0.2, 0) is 11.2 Å². The molecule has 0 unspecified atom stereocenters. The summed E-state index contributed by atoms with van der Waals surface area (Å²) < 4.78 is 11.4. The number of hydrogen-bond donors (Lipinski definition) is 1. The largest absolute Gasteiger partial charge is 0.493 e. The SMILES string of the molecule is O=C(COc1ccc(Cl)c2cccnc12)NC[C@H]1COc2ccccc2C1. The second-order valence-corrected chi connectivity index (χ2v) is 6.93. The van der Waals surface area contributed by atoms with Crippen LogP contribution in [0.3, 0.4) is 0 Å². The number of carbonyl (C=O) groups excluding carboxylic acids is 1. The van der Waals surface area contributed by atoms with Crippen LogP contribution >= 0.6 is 11.6 Å². The summed E-state index contributed by atoms with van der Waals surface area (Å²) in [4.78, 5) is 16.5. The summed E-state index contributed by atoms with van der Waals surface area (Å²) in [5, 5.41) is 4.33. The van der Waals surface area contributed by atoms with Gasteiger partial charge in [-0.15, -0.1) is 0 Å². The highest BCUT2D eigenvalue weighted by atomic mass is 35.5. The van der Waals surface area contributed by atoms with Crippen molar-refractivity contribution in [3.8, 4) is 11.5 Å². The van der Waals surface area contributed by atoms with E-state index >= 15 is 0 Å². The van der Waals surface area contributed by atoms with Crippen molar-refractivity contribution in [3.63, 3.8) is 0 Å². The summed E-state index contributed by atoms with van der Waals surface area (Å²) in [7, 11) is 0. The second kappa shape index (κ2) is 7.84. The van der Waals surface area contributed by atoms with Crippen LogP contribution < -0.4 is 14.8 Å². The lowest BCUT2D eigenvalue weighted by molar-refractivity contribution is -0.123. The van der Waals surface area contributed by atoms with Gasteiger partial charge in [0.15, 0.2) is 6.61 Å². The molecule has 0 fully saturated rings. The fourth-order valence-corrected chi connectivity index (χ4v) is 3.42. The zero-order valence-electron chi connectivity index (χ0n) is 14.7. The van der Waals surface area contributed by atoms with Gasteiger partial charge in [-0.25, -0.2) is 0 Å². The summed E-state index contributed by atoms with van der Waals surface area (Å²) in [5.74, 6) is 1.56. The number of fused-ring (bicyclic) bond motifs is 2. The lowest BCUT2D eigenvalue weighted by atomic mass is 9.97. The summed E-state index contributed by atoms with van der Waals surface area (Å²) in [6, 6.07) is 15.2. The minimum absolute atomic E-state index is 0.0720. The number of amides is 1. The van der Waals surface area contributed by atoms with Gasteiger partial charge in [0.2, 0.25) is 0 Å². The van der Waals surface area contributed by atoms with E-state index in [1.165, 1.54) is 5.56 Å². The van der Waals surface area contributed by atoms with Crippen LogP contribution in [0.15, 0.2) is 54.7 Å². The fourth-order valence-electron chi connectivity index (χ4n) is 3.20. The highest BCUT2D eigenvalue weighted by molar-refractivity contribution is 6.35. The molecule has 1 atom stereocenters. The van der Waals surface area contributed by atoms with Gasteiger partial charge in [0.1, 0.15) is 17.0 Å². The predicted molar refractivity (Wildman–Crippen MR) is 104 cm³/mol. The number of ether oxygens (including phenoxy) is 2. The Kier molecular flexibility index (Phi) is 5.12. The smallest absolute Gasteiger partial charge is 0.257 e.